The van der Waals surface area contributed by atoms with Crippen LogP contribution in [-0.4, -0.2) is 20.2 Å². The molecule has 0 aliphatic heterocycles. The molecule has 1 heterocycles. The Hall–Kier alpha value is -2.65. The zero-order valence-corrected chi connectivity index (χ0v) is 14.2. The van der Waals surface area contributed by atoms with Crippen LogP contribution >= 0.6 is 0 Å². The number of hydrazine groups is 1. The van der Waals surface area contributed by atoms with Crippen molar-refractivity contribution in [2.75, 3.05) is 0 Å². The van der Waals surface area contributed by atoms with Crippen molar-refractivity contribution in [1.82, 2.24) is 10.9 Å². The van der Waals surface area contributed by atoms with Crippen molar-refractivity contribution >= 4 is 21.8 Å². The summed E-state index contributed by atoms with van der Waals surface area (Å²) in [5, 5.41) is 5.10. The number of rotatable bonds is 3. The Morgan fingerprint density at radius 3 is 2.21 bits per heavy atom. The number of hydrogen-bond donors (Lipinski definition) is 3. The lowest BCUT2D eigenvalue weighted by Gasteiger charge is -2.09. The van der Waals surface area contributed by atoms with Gasteiger partial charge in [0.25, 0.3) is 11.8 Å². The van der Waals surface area contributed by atoms with Gasteiger partial charge in [0.1, 0.15) is 11.5 Å². The maximum absolute atomic E-state index is 12.1. The zero-order valence-electron chi connectivity index (χ0n) is 13.3. The van der Waals surface area contributed by atoms with Crippen molar-refractivity contribution < 1.29 is 22.4 Å². The summed E-state index contributed by atoms with van der Waals surface area (Å²) in [4.78, 5) is 23.9. The SMILES string of the molecule is Cc1cc(C(=O)NNC(=O)c2ccc(C)c(S(N)(=O)=O)c2)c(C)o1. The van der Waals surface area contributed by atoms with Crippen LogP contribution in [-0.2, 0) is 10.0 Å². The molecule has 4 N–H and O–H groups in total. The average Bonchev–Trinajstić information content (AvgIpc) is 2.82. The molecule has 9 heteroatoms. The number of sulfonamides is 1. The van der Waals surface area contributed by atoms with E-state index in [1.807, 2.05) is 0 Å². The molecule has 2 rings (SSSR count). The van der Waals surface area contributed by atoms with Crippen LogP contribution in [0.4, 0.5) is 0 Å². The van der Waals surface area contributed by atoms with Gasteiger partial charge in [-0.25, -0.2) is 13.6 Å². The van der Waals surface area contributed by atoms with Crippen LogP contribution in [0.3, 0.4) is 0 Å². The molecule has 0 saturated carbocycles. The molecule has 0 saturated heterocycles. The van der Waals surface area contributed by atoms with E-state index < -0.39 is 21.8 Å². The molecule has 128 valence electrons. The molecule has 0 aliphatic carbocycles. The van der Waals surface area contributed by atoms with Crippen LogP contribution in [0.15, 0.2) is 33.6 Å². The first-order chi connectivity index (χ1) is 11.1. The molecule has 0 aliphatic rings. The molecular formula is C15H17N3O5S. The second-order valence-electron chi connectivity index (χ2n) is 5.26. The number of furan rings is 1. The van der Waals surface area contributed by atoms with Gasteiger partial charge in [0.2, 0.25) is 10.0 Å². The second kappa shape index (κ2) is 6.46. The van der Waals surface area contributed by atoms with E-state index in [1.54, 1.807) is 26.8 Å². The first-order valence-electron chi connectivity index (χ1n) is 6.91. The Balaban J connectivity index is 2.13. The number of hydrogen-bond acceptors (Lipinski definition) is 5. The number of nitrogens with two attached hydrogens (primary N) is 1. The molecule has 2 amide bonds. The van der Waals surface area contributed by atoms with Gasteiger partial charge in [0.15, 0.2) is 0 Å². The van der Waals surface area contributed by atoms with Crippen molar-refractivity contribution in [2.45, 2.75) is 25.7 Å². The van der Waals surface area contributed by atoms with Crippen LogP contribution in [0.5, 0.6) is 0 Å². The highest BCUT2D eigenvalue weighted by Crippen LogP contribution is 2.16. The van der Waals surface area contributed by atoms with Crippen molar-refractivity contribution in [1.29, 1.82) is 0 Å². The number of primary sulfonamides is 1. The number of benzene rings is 1. The molecule has 8 nitrogen and oxygen atoms in total. The van der Waals surface area contributed by atoms with Crippen LogP contribution in [0.25, 0.3) is 0 Å². The maximum Gasteiger partial charge on any atom is 0.273 e. The number of carbonyl (C=O) groups excluding carboxylic acids is 2. The van der Waals surface area contributed by atoms with Gasteiger partial charge in [-0.3, -0.25) is 20.4 Å². The quantitative estimate of drug-likeness (QED) is 0.708. The first kappa shape index (κ1) is 17.7. The minimum absolute atomic E-state index is 0.0463. The maximum atomic E-state index is 12.1. The molecule has 0 bridgehead atoms. The molecule has 0 radical (unpaired) electrons. The standard InChI is InChI=1S/C15H17N3O5S/c1-8-4-5-11(7-13(8)24(16,21)22)14(19)17-18-15(20)12-6-9(2)23-10(12)3/h4-7H,1-3H3,(H,17,19)(H,18,20)(H2,16,21,22). The van der Waals surface area contributed by atoms with Gasteiger partial charge in [0, 0.05) is 5.56 Å². The highest BCUT2D eigenvalue weighted by atomic mass is 32.2. The van der Waals surface area contributed by atoms with Crippen molar-refractivity contribution in [3.8, 4) is 0 Å². The summed E-state index contributed by atoms with van der Waals surface area (Å²) in [6.45, 7) is 4.89. The highest BCUT2D eigenvalue weighted by molar-refractivity contribution is 7.89. The van der Waals surface area contributed by atoms with Crippen LogP contribution < -0.4 is 16.0 Å². The first-order valence-corrected chi connectivity index (χ1v) is 8.45. The largest absolute Gasteiger partial charge is 0.466 e. The van der Waals surface area contributed by atoms with Crippen LogP contribution in [0.2, 0.25) is 0 Å². The van der Waals surface area contributed by atoms with E-state index >= 15 is 0 Å². The number of amides is 2. The Bertz CT molecular complexity index is 915. The number of carbonyl (C=O) groups is 2. The number of nitrogens with one attached hydrogen (secondary N) is 2. The van der Waals surface area contributed by atoms with Crippen molar-refractivity contribution in [3.05, 3.63) is 52.5 Å². The minimum Gasteiger partial charge on any atom is -0.466 e. The Morgan fingerprint density at radius 1 is 1.04 bits per heavy atom. The molecule has 1 aromatic heterocycles. The molecule has 24 heavy (non-hydrogen) atoms. The third-order valence-corrected chi connectivity index (χ3v) is 4.38. The molecule has 0 fully saturated rings. The Morgan fingerprint density at radius 2 is 1.67 bits per heavy atom. The summed E-state index contributed by atoms with van der Waals surface area (Å²) >= 11 is 0. The number of aryl methyl sites for hydroxylation is 3. The smallest absolute Gasteiger partial charge is 0.273 e. The van der Waals surface area contributed by atoms with Gasteiger partial charge in [-0.2, -0.15) is 0 Å². The zero-order chi connectivity index (χ0) is 18.1. The van der Waals surface area contributed by atoms with E-state index in [0.717, 1.165) is 6.07 Å². The van der Waals surface area contributed by atoms with Crippen LogP contribution in [0, 0.1) is 20.8 Å². The van der Waals surface area contributed by atoms with Crippen molar-refractivity contribution in [2.24, 2.45) is 5.14 Å². The van der Waals surface area contributed by atoms with E-state index in [0.29, 0.717) is 22.6 Å². The van der Waals surface area contributed by atoms with Gasteiger partial charge in [-0.15, -0.1) is 0 Å². The summed E-state index contributed by atoms with van der Waals surface area (Å²) in [5.74, 6) is -0.228. The predicted molar refractivity (Wildman–Crippen MR) is 85.7 cm³/mol. The molecule has 0 spiro atoms. The van der Waals surface area contributed by atoms with Crippen LogP contribution in [0.1, 0.15) is 37.8 Å². The van der Waals surface area contributed by atoms with E-state index in [2.05, 4.69) is 10.9 Å². The lowest BCUT2D eigenvalue weighted by Crippen LogP contribution is -2.41. The molecular weight excluding hydrogens is 334 g/mol. The fourth-order valence-corrected chi connectivity index (χ4v) is 2.97. The van der Waals surface area contributed by atoms with Crippen molar-refractivity contribution in [3.63, 3.8) is 0 Å². The summed E-state index contributed by atoms with van der Waals surface area (Å²) in [6, 6.07) is 5.58. The van der Waals surface area contributed by atoms with E-state index in [1.165, 1.54) is 12.1 Å². The summed E-state index contributed by atoms with van der Waals surface area (Å²) in [6.07, 6.45) is 0. The molecule has 0 unspecified atom stereocenters. The van der Waals surface area contributed by atoms with Gasteiger partial charge in [-0.05, 0) is 44.5 Å². The third kappa shape index (κ3) is 3.81. The van der Waals surface area contributed by atoms with Gasteiger partial charge in [0.05, 0.1) is 10.5 Å². The van der Waals surface area contributed by atoms with E-state index in [-0.39, 0.29) is 10.5 Å². The highest BCUT2D eigenvalue weighted by Gasteiger charge is 2.17. The Labute approximate surface area is 139 Å². The van der Waals surface area contributed by atoms with Gasteiger partial charge >= 0.3 is 0 Å². The normalized spacial score (nSPS) is 11.2. The Kier molecular flexibility index (Phi) is 4.76. The summed E-state index contributed by atoms with van der Waals surface area (Å²) in [7, 11) is -3.95. The predicted octanol–water partition coefficient (Wildman–Crippen LogP) is 0.927. The average molecular weight is 351 g/mol. The third-order valence-electron chi connectivity index (χ3n) is 3.33. The molecule has 2 aromatic rings. The summed E-state index contributed by atoms with van der Waals surface area (Å²) < 4.78 is 28.2. The minimum atomic E-state index is -3.95. The molecule has 0 atom stereocenters. The second-order valence-corrected chi connectivity index (χ2v) is 6.79. The van der Waals surface area contributed by atoms with Gasteiger partial charge < -0.3 is 4.42 Å². The fourth-order valence-electron chi connectivity index (χ4n) is 2.16. The van der Waals surface area contributed by atoms with Gasteiger partial charge in [-0.1, -0.05) is 6.07 Å². The fraction of sp³-hybridized carbons (Fsp3) is 0.200. The summed E-state index contributed by atoms with van der Waals surface area (Å²) in [5.41, 5.74) is 5.22. The van der Waals surface area contributed by atoms with E-state index in [4.69, 9.17) is 9.56 Å². The van der Waals surface area contributed by atoms with E-state index in [9.17, 15) is 18.0 Å². The lowest BCUT2D eigenvalue weighted by molar-refractivity contribution is 0.0845. The monoisotopic (exact) mass is 351 g/mol. The topological polar surface area (TPSA) is 132 Å². The lowest BCUT2D eigenvalue weighted by atomic mass is 10.1. The molecule has 1 aromatic carbocycles.